The highest BCUT2D eigenvalue weighted by Crippen LogP contribution is 2.26. The number of nitrogens with two attached hydrogens (primary N) is 1. The molecule has 112 valence electrons. The van der Waals surface area contributed by atoms with Gasteiger partial charge in [0.05, 0.1) is 5.56 Å². The summed E-state index contributed by atoms with van der Waals surface area (Å²) in [7, 11) is 0. The molecule has 1 unspecified atom stereocenters. The second-order valence-corrected chi connectivity index (χ2v) is 5.82. The molecule has 21 heavy (non-hydrogen) atoms. The average Bonchev–Trinajstić information content (AvgIpc) is 3.00. The van der Waals surface area contributed by atoms with Crippen molar-refractivity contribution >= 4 is 11.6 Å². The summed E-state index contributed by atoms with van der Waals surface area (Å²) in [4.78, 5) is 16.6. The lowest BCUT2D eigenvalue weighted by Crippen LogP contribution is -2.45. The van der Waals surface area contributed by atoms with Gasteiger partial charge in [0, 0.05) is 31.2 Å². The molecule has 1 fully saturated rings. The summed E-state index contributed by atoms with van der Waals surface area (Å²) >= 11 is 0. The number of nitrogens with one attached hydrogen (secondary N) is 1. The Balaban J connectivity index is 1.71. The second-order valence-electron chi connectivity index (χ2n) is 5.82. The first kappa shape index (κ1) is 14.1. The molecule has 0 aromatic carbocycles. The molecule has 2 aromatic heterocycles. The summed E-state index contributed by atoms with van der Waals surface area (Å²) in [5.74, 6) is 0.469. The summed E-state index contributed by atoms with van der Waals surface area (Å²) in [5.41, 5.74) is 7.36. The highest BCUT2D eigenvalue weighted by molar-refractivity contribution is 5.94. The summed E-state index contributed by atoms with van der Waals surface area (Å²) in [5, 5.41) is 3.11. The van der Waals surface area contributed by atoms with Crippen LogP contribution in [0.5, 0.6) is 0 Å². The van der Waals surface area contributed by atoms with Crippen molar-refractivity contribution in [3.05, 3.63) is 36.3 Å². The molecule has 1 aliphatic rings. The second kappa shape index (κ2) is 6.26. The van der Waals surface area contributed by atoms with Crippen LogP contribution in [0.15, 0.2) is 30.7 Å². The van der Waals surface area contributed by atoms with Crippen molar-refractivity contribution in [2.45, 2.75) is 38.1 Å². The van der Waals surface area contributed by atoms with Crippen LogP contribution in [0.2, 0.25) is 0 Å². The Morgan fingerprint density at radius 2 is 2.19 bits per heavy atom. The van der Waals surface area contributed by atoms with E-state index in [1.807, 2.05) is 28.9 Å². The normalized spacial score (nSPS) is 17.8. The van der Waals surface area contributed by atoms with Gasteiger partial charge in [-0.15, -0.1) is 0 Å². The molecule has 1 aliphatic carbocycles. The molecule has 1 amide bonds. The largest absolute Gasteiger partial charge is 0.348 e. The standard InChI is InChI=1S/C16H22N4O/c17-10-14(12-4-2-1-3-5-12)19-16(21)13-6-7-15-18-8-9-20(15)11-13/h6-9,11-12,14H,1-5,10,17H2,(H,19,21). The van der Waals surface area contributed by atoms with Crippen LogP contribution in [-0.2, 0) is 0 Å². The third-order valence-electron chi connectivity index (χ3n) is 4.44. The number of pyridine rings is 1. The van der Waals surface area contributed by atoms with Gasteiger partial charge in [0.2, 0.25) is 0 Å². The zero-order chi connectivity index (χ0) is 14.7. The Morgan fingerprint density at radius 1 is 1.38 bits per heavy atom. The van der Waals surface area contributed by atoms with Gasteiger partial charge in [0.1, 0.15) is 5.65 Å². The number of carbonyl (C=O) groups excluding carboxylic acids is 1. The zero-order valence-corrected chi connectivity index (χ0v) is 12.2. The number of imidazole rings is 1. The molecule has 0 aliphatic heterocycles. The summed E-state index contributed by atoms with van der Waals surface area (Å²) in [6.07, 6.45) is 11.5. The lowest BCUT2D eigenvalue weighted by atomic mass is 9.84. The fourth-order valence-corrected chi connectivity index (χ4v) is 3.21. The number of rotatable bonds is 4. The minimum atomic E-state index is -0.0494. The Hall–Kier alpha value is -1.88. The van der Waals surface area contributed by atoms with E-state index in [4.69, 9.17) is 5.73 Å². The van der Waals surface area contributed by atoms with Gasteiger partial charge in [-0.05, 0) is 30.9 Å². The van der Waals surface area contributed by atoms with Crippen molar-refractivity contribution < 1.29 is 4.79 Å². The van der Waals surface area contributed by atoms with Crippen LogP contribution in [0.1, 0.15) is 42.5 Å². The van der Waals surface area contributed by atoms with Crippen molar-refractivity contribution in [3.8, 4) is 0 Å². The maximum absolute atomic E-state index is 12.4. The van der Waals surface area contributed by atoms with E-state index in [1.165, 1.54) is 32.1 Å². The van der Waals surface area contributed by atoms with Crippen LogP contribution in [-0.4, -0.2) is 27.9 Å². The van der Waals surface area contributed by atoms with Gasteiger partial charge in [0.15, 0.2) is 0 Å². The first-order valence-electron chi connectivity index (χ1n) is 7.71. The van der Waals surface area contributed by atoms with Crippen LogP contribution < -0.4 is 11.1 Å². The minimum absolute atomic E-state index is 0.0494. The molecule has 0 saturated heterocycles. The molecule has 5 nitrogen and oxygen atoms in total. The van der Waals surface area contributed by atoms with Gasteiger partial charge < -0.3 is 15.5 Å². The predicted molar refractivity (Wildman–Crippen MR) is 82.1 cm³/mol. The van der Waals surface area contributed by atoms with E-state index in [0.29, 0.717) is 18.0 Å². The fraction of sp³-hybridized carbons (Fsp3) is 0.500. The number of fused-ring (bicyclic) bond motifs is 1. The van der Waals surface area contributed by atoms with Crippen molar-refractivity contribution in [2.24, 2.45) is 11.7 Å². The molecule has 2 heterocycles. The summed E-state index contributed by atoms with van der Waals surface area (Å²) in [6, 6.07) is 3.75. The number of hydrogen-bond acceptors (Lipinski definition) is 3. The smallest absolute Gasteiger partial charge is 0.253 e. The molecule has 0 radical (unpaired) electrons. The van der Waals surface area contributed by atoms with E-state index >= 15 is 0 Å². The van der Waals surface area contributed by atoms with Gasteiger partial charge in [-0.25, -0.2) is 4.98 Å². The van der Waals surface area contributed by atoms with Crippen molar-refractivity contribution in [2.75, 3.05) is 6.54 Å². The molecular formula is C16H22N4O. The lowest BCUT2D eigenvalue weighted by Gasteiger charge is -2.30. The van der Waals surface area contributed by atoms with E-state index in [9.17, 15) is 4.79 Å². The van der Waals surface area contributed by atoms with E-state index < -0.39 is 0 Å². The van der Waals surface area contributed by atoms with Crippen LogP contribution in [0.4, 0.5) is 0 Å². The zero-order valence-electron chi connectivity index (χ0n) is 12.2. The van der Waals surface area contributed by atoms with E-state index in [-0.39, 0.29) is 11.9 Å². The van der Waals surface area contributed by atoms with E-state index in [0.717, 1.165) is 5.65 Å². The third kappa shape index (κ3) is 3.08. The first-order chi connectivity index (χ1) is 10.3. The molecular weight excluding hydrogens is 264 g/mol. The van der Waals surface area contributed by atoms with Gasteiger partial charge >= 0.3 is 0 Å². The van der Waals surface area contributed by atoms with Crippen LogP contribution >= 0.6 is 0 Å². The van der Waals surface area contributed by atoms with Crippen molar-refractivity contribution in [1.29, 1.82) is 0 Å². The Bertz CT molecular complexity index is 616. The lowest BCUT2D eigenvalue weighted by molar-refractivity contribution is 0.0915. The molecule has 2 aromatic rings. The summed E-state index contributed by atoms with van der Waals surface area (Å²) in [6.45, 7) is 0.504. The topological polar surface area (TPSA) is 72.4 Å². The van der Waals surface area contributed by atoms with Gasteiger partial charge in [-0.3, -0.25) is 4.79 Å². The van der Waals surface area contributed by atoms with Crippen LogP contribution in [0, 0.1) is 5.92 Å². The van der Waals surface area contributed by atoms with Crippen LogP contribution in [0.3, 0.4) is 0 Å². The monoisotopic (exact) mass is 286 g/mol. The Morgan fingerprint density at radius 3 is 2.95 bits per heavy atom. The van der Waals surface area contributed by atoms with Gasteiger partial charge in [0.25, 0.3) is 5.91 Å². The molecule has 1 saturated carbocycles. The highest BCUT2D eigenvalue weighted by atomic mass is 16.1. The minimum Gasteiger partial charge on any atom is -0.348 e. The number of nitrogens with zero attached hydrogens (tertiary/aromatic N) is 2. The molecule has 3 N–H and O–H groups in total. The maximum Gasteiger partial charge on any atom is 0.253 e. The Labute approximate surface area is 124 Å². The predicted octanol–water partition coefficient (Wildman–Crippen LogP) is 1.97. The van der Waals surface area contributed by atoms with E-state index in [1.54, 1.807) is 6.20 Å². The van der Waals surface area contributed by atoms with Crippen molar-refractivity contribution in [3.63, 3.8) is 0 Å². The number of carbonyl (C=O) groups is 1. The van der Waals surface area contributed by atoms with Gasteiger partial charge in [-0.2, -0.15) is 0 Å². The molecule has 0 bridgehead atoms. The Kier molecular flexibility index (Phi) is 4.20. The first-order valence-corrected chi connectivity index (χ1v) is 7.71. The summed E-state index contributed by atoms with van der Waals surface area (Å²) < 4.78 is 1.85. The van der Waals surface area contributed by atoms with Gasteiger partial charge in [-0.1, -0.05) is 19.3 Å². The SMILES string of the molecule is NCC(NC(=O)c1ccc2nccn2c1)C1CCCCC1. The maximum atomic E-state index is 12.4. The molecule has 0 spiro atoms. The molecule has 1 atom stereocenters. The van der Waals surface area contributed by atoms with Crippen LogP contribution in [0.25, 0.3) is 5.65 Å². The molecule has 5 heteroatoms. The number of aromatic nitrogens is 2. The quantitative estimate of drug-likeness (QED) is 0.902. The molecule has 3 rings (SSSR count). The fourth-order valence-electron chi connectivity index (χ4n) is 3.21. The number of amides is 1. The third-order valence-corrected chi connectivity index (χ3v) is 4.44. The number of hydrogen-bond donors (Lipinski definition) is 2. The average molecular weight is 286 g/mol. The highest BCUT2D eigenvalue weighted by Gasteiger charge is 2.24. The van der Waals surface area contributed by atoms with E-state index in [2.05, 4.69) is 10.3 Å². The van der Waals surface area contributed by atoms with Crippen molar-refractivity contribution in [1.82, 2.24) is 14.7 Å².